The van der Waals surface area contributed by atoms with Crippen molar-refractivity contribution >= 4 is 23.4 Å². The topological polar surface area (TPSA) is 90.7 Å². The molecular weight excluding hydrogens is 430 g/mol. The van der Waals surface area contributed by atoms with E-state index in [0.29, 0.717) is 17.8 Å². The van der Waals surface area contributed by atoms with Crippen molar-refractivity contribution in [2.75, 3.05) is 30.4 Å². The number of carbonyl (C=O) groups excluding carboxylic acids is 1. The van der Waals surface area contributed by atoms with E-state index in [9.17, 15) is 9.59 Å². The summed E-state index contributed by atoms with van der Waals surface area (Å²) in [5.41, 5.74) is 5.89. The summed E-state index contributed by atoms with van der Waals surface area (Å²) in [6.45, 7) is 8.07. The molecule has 1 aromatic heterocycles. The molecule has 0 bridgehead atoms. The number of aromatic carboxylic acids is 1. The van der Waals surface area contributed by atoms with Gasteiger partial charge in [0.1, 0.15) is 11.4 Å². The summed E-state index contributed by atoms with van der Waals surface area (Å²) in [6.07, 6.45) is 0. The molecule has 2 heterocycles. The van der Waals surface area contributed by atoms with Crippen LogP contribution in [-0.2, 0) is 13.1 Å². The van der Waals surface area contributed by atoms with Crippen LogP contribution in [0, 0.1) is 13.8 Å². The lowest BCUT2D eigenvalue weighted by Crippen LogP contribution is -2.29. The summed E-state index contributed by atoms with van der Waals surface area (Å²) in [5.74, 6) is -0.310. The molecule has 0 saturated carbocycles. The van der Waals surface area contributed by atoms with Crippen LogP contribution in [0.2, 0.25) is 0 Å². The normalized spacial score (nSPS) is 13.5. The molecule has 178 valence electrons. The van der Waals surface area contributed by atoms with Gasteiger partial charge in [0.25, 0.3) is 5.91 Å². The lowest BCUT2D eigenvalue weighted by Gasteiger charge is -2.22. The fraction of sp³-hybridized carbons (Fsp3) is 0.346. The van der Waals surface area contributed by atoms with Gasteiger partial charge in [-0.25, -0.2) is 9.48 Å². The molecule has 0 fully saturated rings. The molecule has 1 amide bonds. The number of aromatic nitrogens is 2. The Morgan fingerprint density at radius 3 is 2.47 bits per heavy atom. The van der Waals surface area contributed by atoms with E-state index in [0.717, 1.165) is 30.2 Å². The third-order valence-corrected chi connectivity index (χ3v) is 6.23. The maximum absolute atomic E-state index is 13.3. The summed E-state index contributed by atoms with van der Waals surface area (Å²) in [7, 11) is 4.07. The van der Waals surface area contributed by atoms with Crippen molar-refractivity contribution in [3.05, 3.63) is 76.0 Å². The van der Waals surface area contributed by atoms with Crippen molar-refractivity contribution in [3.63, 3.8) is 0 Å². The van der Waals surface area contributed by atoms with Gasteiger partial charge in [-0.15, -0.1) is 0 Å². The Morgan fingerprint density at radius 1 is 1.12 bits per heavy atom. The van der Waals surface area contributed by atoms with Crippen molar-refractivity contribution in [3.8, 4) is 0 Å². The molecule has 4 rings (SSSR count). The molecule has 1 aliphatic heterocycles. The van der Waals surface area contributed by atoms with Crippen LogP contribution < -0.4 is 15.1 Å². The van der Waals surface area contributed by atoms with E-state index < -0.39 is 5.97 Å². The molecule has 2 aromatic carbocycles. The second-order valence-electron chi connectivity index (χ2n) is 9.12. The Bertz CT molecular complexity index is 1230. The number of aryl methyl sites for hydroxylation is 2. The Balaban J connectivity index is 1.56. The zero-order valence-corrected chi connectivity index (χ0v) is 20.3. The van der Waals surface area contributed by atoms with Gasteiger partial charge in [-0.2, -0.15) is 5.10 Å². The second-order valence-corrected chi connectivity index (χ2v) is 9.12. The van der Waals surface area contributed by atoms with Crippen molar-refractivity contribution in [1.82, 2.24) is 15.1 Å². The minimum atomic E-state index is -0.972. The minimum Gasteiger partial charge on any atom is -0.478 e. The standard InChI is InChI=1S/C26H31N5O3/c1-16-12-19(14-22(13-16)29(4)5)15-30-10-11-31-25(30)23(18(3)28-31)24(32)27-17(2)20-6-8-21(9-7-20)26(33)34/h6-9,12-14,17H,10-11,15H2,1-5H3,(H,27,32)(H,33,34)/t17-/m0/s1. The van der Waals surface area contributed by atoms with Crippen LogP contribution in [0.15, 0.2) is 42.5 Å². The molecule has 1 atom stereocenters. The largest absolute Gasteiger partial charge is 0.478 e. The fourth-order valence-electron chi connectivity index (χ4n) is 4.46. The van der Waals surface area contributed by atoms with Crippen LogP contribution in [0.3, 0.4) is 0 Å². The summed E-state index contributed by atoms with van der Waals surface area (Å²) in [5, 5.41) is 16.8. The molecule has 0 radical (unpaired) electrons. The number of benzene rings is 2. The predicted molar refractivity (Wildman–Crippen MR) is 133 cm³/mol. The number of nitrogens with zero attached hydrogens (tertiary/aromatic N) is 4. The molecule has 34 heavy (non-hydrogen) atoms. The van der Waals surface area contributed by atoms with Gasteiger partial charge in [-0.1, -0.05) is 18.2 Å². The van der Waals surface area contributed by atoms with Gasteiger partial charge in [0.2, 0.25) is 0 Å². The van der Waals surface area contributed by atoms with Crippen molar-refractivity contribution in [2.45, 2.75) is 39.9 Å². The molecule has 0 saturated heterocycles. The van der Waals surface area contributed by atoms with E-state index in [4.69, 9.17) is 5.11 Å². The van der Waals surface area contributed by atoms with E-state index in [1.165, 1.54) is 11.1 Å². The number of hydrogen-bond acceptors (Lipinski definition) is 5. The Labute approximate surface area is 199 Å². The van der Waals surface area contributed by atoms with Crippen LogP contribution in [0.5, 0.6) is 0 Å². The second kappa shape index (κ2) is 9.21. The molecule has 8 nitrogen and oxygen atoms in total. The first kappa shape index (κ1) is 23.4. The van der Waals surface area contributed by atoms with Gasteiger partial charge < -0.3 is 20.2 Å². The van der Waals surface area contributed by atoms with Crippen molar-refractivity contribution in [2.24, 2.45) is 0 Å². The van der Waals surface area contributed by atoms with Gasteiger partial charge in [-0.3, -0.25) is 4.79 Å². The minimum absolute atomic E-state index is 0.182. The number of carbonyl (C=O) groups is 2. The number of anilines is 2. The van der Waals surface area contributed by atoms with Crippen LogP contribution in [0.1, 0.15) is 56.1 Å². The average molecular weight is 462 g/mol. The first-order valence-electron chi connectivity index (χ1n) is 11.4. The third kappa shape index (κ3) is 4.62. The highest BCUT2D eigenvalue weighted by molar-refractivity contribution is 6.00. The van der Waals surface area contributed by atoms with Gasteiger partial charge in [-0.05, 0) is 61.7 Å². The maximum atomic E-state index is 13.3. The SMILES string of the molecule is Cc1cc(CN2CCn3nc(C)c(C(=O)N[C@@H](C)c4ccc(C(=O)O)cc4)c32)cc(N(C)C)c1. The van der Waals surface area contributed by atoms with Gasteiger partial charge in [0.05, 0.1) is 23.8 Å². The number of nitrogens with one attached hydrogen (secondary N) is 1. The van der Waals surface area contributed by atoms with Crippen LogP contribution in [0.4, 0.5) is 11.5 Å². The number of carboxylic acids is 1. The summed E-state index contributed by atoms with van der Waals surface area (Å²) >= 11 is 0. The van der Waals surface area contributed by atoms with E-state index in [1.54, 1.807) is 24.3 Å². The highest BCUT2D eigenvalue weighted by atomic mass is 16.4. The number of hydrogen-bond donors (Lipinski definition) is 2. The van der Waals surface area contributed by atoms with E-state index in [-0.39, 0.29) is 17.5 Å². The van der Waals surface area contributed by atoms with Gasteiger partial charge in [0.15, 0.2) is 0 Å². The molecule has 8 heteroatoms. The monoisotopic (exact) mass is 461 g/mol. The van der Waals surface area contributed by atoms with Crippen LogP contribution in [0.25, 0.3) is 0 Å². The maximum Gasteiger partial charge on any atom is 0.335 e. The third-order valence-electron chi connectivity index (χ3n) is 6.23. The molecular formula is C26H31N5O3. The summed E-state index contributed by atoms with van der Waals surface area (Å²) in [6, 6.07) is 12.8. The van der Waals surface area contributed by atoms with E-state index in [2.05, 4.69) is 45.3 Å². The molecule has 0 spiro atoms. The highest BCUT2D eigenvalue weighted by Gasteiger charge is 2.30. The Morgan fingerprint density at radius 2 is 1.82 bits per heavy atom. The first-order chi connectivity index (χ1) is 16.1. The van der Waals surface area contributed by atoms with Gasteiger partial charge in [0, 0.05) is 32.9 Å². The molecule has 0 aliphatic carbocycles. The smallest absolute Gasteiger partial charge is 0.335 e. The molecule has 3 aromatic rings. The van der Waals surface area contributed by atoms with E-state index in [1.807, 2.05) is 32.6 Å². The van der Waals surface area contributed by atoms with Crippen LogP contribution >= 0.6 is 0 Å². The first-order valence-corrected chi connectivity index (χ1v) is 11.4. The quantitative estimate of drug-likeness (QED) is 0.557. The zero-order chi connectivity index (χ0) is 24.6. The lowest BCUT2D eigenvalue weighted by molar-refractivity contribution is 0.0696. The summed E-state index contributed by atoms with van der Waals surface area (Å²) in [4.78, 5) is 28.8. The molecule has 0 unspecified atom stereocenters. The zero-order valence-electron chi connectivity index (χ0n) is 20.3. The average Bonchev–Trinajstić information content (AvgIpc) is 3.31. The highest BCUT2D eigenvalue weighted by Crippen LogP contribution is 2.31. The van der Waals surface area contributed by atoms with E-state index >= 15 is 0 Å². The Kier molecular flexibility index (Phi) is 6.32. The summed E-state index contributed by atoms with van der Waals surface area (Å²) < 4.78 is 1.92. The predicted octanol–water partition coefficient (Wildman–Crippen LogP) is 3.78. The van der Waals surface area contributed by atoms with Crippen molar-refractivity contribution in [1.29, 1.82) is 0 Å². The fourth-order valence-corrected chi connectivity index (χ4v) is 4.46. The number of fused-ring (bicyclic) bond motifs is 1. The lowest BCUT2D eigenvalue weighted by atomic mass is 10.1. The number of amides is 1. The molecule has 2 N–H and O–H groups in total. The van der Waals surface area contributed by atoms with Gasteiger partial charge >= 0.3 is 5.97 Å². The molecule has 1 aliphatic rings. The van der Waals surface area contributed by atoms with Crippen molar-refractivity contribution < 1.29 is 14.7 Å². The number of rotatable bonds is 7. The Hall–Kier alpha value is -3.81. The number of carboxylic acid groups (broad SMARTS) is 1. The van der Waals surface area contributed by atoms with Crippen LogP contribution in [-0.4, -0.2) is 47.4 Å².